The van der Waals surface area contributed by atoms with Gasteiger partial charge in [0.2, 0.25) is 0 Å². The Bertz CT molecular complexity index is 1040. The highest BCUT2D eigenvalue weighted by molar-refractivity contribution is 7.99. The molecule has 0 atom stereocenters. The van der Waals surface area contributed by atoms with Crippen molar-refractivity contribution in [1.82, 2.24) is 14.5 Å². The number of hydrogen-bond acceptors (Lipinski definition) is 4. The van der Waals surface area contributed by atoms with E-state index in [1.54, 1.807) is 13.1 Å². The van der Waals surface area contributed by atoms with Crippen LogP contribution in [0, 0.1) is 20.8 Å². The van der Waals surface area contributed by atoms with E-state index in [9.17, 15) is 9.59 Å². The van der Waals surface area contributed by atoms with Crippen molar-refractivity contribution >= 4 is 34.9 Å². The number of imidazole rings is 1. The zero-order chi connectivity index (χ0) is 19.7. The number of thioether (sulfide) groups is 1. The monoisotopic (exact) mass is 401 g/mol. The topological polar surface area (TPSA) is 67.8 Å². The molecule has 0 aliphatic heterocycles. The Morgan fingerprint density at radius 3 is 2.63 bits per heavy atom. The molecule has 0 aliphatic carbocycles. The van der Waals surface area contributed by atoms with Crippen LogP contribution in [0.1, 0.15) is 44.6 Å². The molecule has 0 saturated heterocycles. The van der Waals surface area contributed by atoms with Crippen LogP contribution in [0.4, 0.5) is 0 Å². The molecule has 140 valence electrons. The number of halogens is 1. The Morgan fingerprint density at radius 1 is 1.22 bits per heavy atom. The van der Waals surface area contributed by atoms with E-state index in [4.69, 9.17) is 11.6 Å². The summed E-state index contributed by atoms with van der Waals surface area (Å²) in [5.41, 5.74) is 4.40. The number of hydrogen-bond donors (Lipinski definition) is 1. The van der Waals surface area contributed by atoms with E-state index in [2.05, 4.69) is 9.97 Å². The Hall–Kier alpha value is -2.31. The zero-order valence-corrected chi connectivity index (χ0v) is 17.2. The SMILES string of the molecule is CC(=O)c1c(C)[nH]c(C(=O)CSc2nccn2-c2cccc(Cl)c2C)c1C. The highest BCUT2D eigenvalue weighted by Gasteiger charge is 2.20. The van der Waals surface area contributed by atoms with Gasteiger partial charge in [-0.1, -0.05) is 29.4 Å². The van der Waals surface area contributed by atoms with E-state index < -0.39 is 0 Å². The fourth-order valence-corrected chi connectivity index (χ4v) is 4.20. The summed E-state index contributed by atoms with van der Waals surface area (Å²) < 4.78 is 1.92. The lowest BCUT2D eigenvalue weighted by molar-refractivity contribution is 0.101. The van der Waals surface area contributed by atoms with Crippen molar-refractivity contribution in [1.29, 1.82) is 0 Å². The van der Waals surface area contributed by atoms with E-state index in [1.807, 2.05) is 42.8 Å². The van der Waals surface area contributed by atoms with Gasteiger partial charge in [0.1, 0.15) is 0 Å². The van der Waals surface area contributed by atoms with Crippen molar-refractivity contribution < 1.29 is 9.59 Å². The quantitative estimate of drug-likeness (QED) is 0.468. The summed E-state index contributed by atoms with van der Waals surface area (Å²) in [6.07, 6.45) is 3.55. The van der Waals surface area contributed by atoms with Crippen molar-refractivity contribution in [2.75, 3.05) is 5.75 Å². The predicted molar refractivity (Wildman–Crippen MR) is 109 cm³/mol. The van der Waals surface area contributed by atoms with Gasteiger partial charge in [-0.05, 0) is 51.0 Å². The minimum Gasteiger partial charge on any atom is -0.355 e. The molecule has 3 aromatic rings. The lowest BCUT2D eigenvalue weighted by Gasteiger charge is -2.11. The third-order valence-electron chi connectivity index (χ3n) is 4.51. The lowest BCUT2D eigenvalue weighted by Crippen LogP contribution is -2.07. The number of carbonyl (C=O) groups is 2. The summed E-state index contributed by atoms with van der Waals surface area (Å²) in [6.45, 7) is 7.07. The normalized spacial score (nSPS) is 11.0. The summed E-state index contributed by atoms with van der Waals surface area (Å²) in [4.78, 5) is 31.9. The van der Waals surface area contributed by atoms with Crippen molar-refractivity contribution in [2.24, 2.45) is 0 Å². The predicted octanol–water partition coefficient (Wildman–Crippen LogP) is 4.96. The largest absolute Gasteiger partial charge is 0.355 e. The number of nitrogens with one attached hydrogen (secondary N) is 1. The van der Waals surface area contributed by atoms with Crippen LogP contribution >= 0.6 is 23.4 Å². The van der Waals surface area contributed by atoms with Gasteiger partial charge >= 0.3 is 0 Å². The number of H-pyrrole nitrogens is 1. The minimum atomic E-state index is -0.0644. The second kappa shape index (κ2) is 7.74. The maximum Gasteiger partial charge on any atom is 0.189 e. The summed E-state index contributed by atoms with van der Waals surface area (Å²) in [5.74, 6) is 0.111. The van der Waals surface area contributed by atoms with E-state index in [0.29, 0.717) is 27.0 Å². The summed E-state index contributed by atoms with van der Waals surface area (Å²) in [6, 6.07) is 5.70. The Labute approximate surface area is 167 Å². The number of rotatable bonds is 6. The summed E-state index contributed by atoms with van der Waals surface area (Å²) in [5, 5.41) is 1.39. The van der Waals surface area contributed by atoms with Gasteiger partial charge in [0.25, 0.3) is 0 Å². The molecule has 0 amide bonds. The number of Topliss-reactive ketones (excluding diaryl/α,β-unsaturated/α-hetero) is 2. The van der Waals surface area contributed by atoms with E-state index in [1.165, 1.54) is 18.7 Å². The molecule has 0 fully saturated rings. The molecule has 0 unspecified atom stereocenters. The highest BCUT2D eigenvalue weighted by Crippen LogP contribution is 2.27. The first-order chi connectivity index (χ1) is 12.8. The standard InChI is InChI=1S/C20H20ClN3O2S/c1-11-15(21)6-5-7-16(11)24-9-8-22-20(24)27-10-17(26)19-12(2)18(14(4)25)13(3)23-19/h5-9,23H,10H2,1-4H3. The van der Waals surface area contributed by atoms with Crippen molar-refractivity contribution in [3.63, 3.8) is 0 Å². The van der Waals surface area contributed by atoms with Crippen molar-refractivity contribution in [3.8, 4) is 5.69 Å². The summed E-state index contributed by atoms with van der Waals surface area (Å²) in [7, 11) is 0. The average molecular weight is 402 g/mol. The van der Waals surface area contributed by atoms with Gasteiger partial charge < -0.3 is 4.98 Å². The van der Waals surface area contributed by atoms with Gasteiger partial charge in [0.15, 0.2) is 16.7 Å². The molecule has 0 saturated carbocycles. The van der Waals surface area contributed by atoms with Crippen molar-refractivity contribution in [2.45, 2.75) is 32.9 Å². The van der Waals surface area contributed by atoms with E-state index >= 15 is 0 Å². The molecule has 0 aliphatic rings. The number of benzene rings is 1. The minimum absolute atomic E-state index is 0.0417. The number of aryl methyl sites for hydroxylation is 1. The molecule has 7 heteroatoms. The number of carbonyl (C=O) groups excluding carboxylic acids is 2. The van der Waals surface area contributed by atoms with Crippen molar-refractivity contribution in [3.05, 3.63) is 63.7 Å². The first-order valence-corrected chi connectivity index (χ1v) is 9.82. The van der Waals surface area contributed by atoms with Crippen LogP contribution in [0.15, 0.2) is 35.7 Å². The maximum absolute atomic E-state index is 12.7. The van der Waals surface area contributed by atoms with Gasteiger partial charge in [0, 0.05) is 28.7 Å². The highest BCUT2D eigenvalue weighted by atomic mass is 35.5. The van der Waals surface area contributed by atoms with Crippen LogP contribution in [0.3, 0.4) is 0 Å². The Kier molecular flexibility index (Phi) is 5.58. The van der Waals surface area contributed by atoms with E-state index in [0.717, 1.165) is 16.9 Å². The fourth-order valence-electron chi connectivity index (χ4n) is 3.20. The van der Waals surface area contributed by atoms with Crippen LogP contribution in [0.2, 0.25) is 5.02 Å². The lowest BCUT2D eigenvalue weighted by atomic mass is 10.1. The van der Waals surface area contributed by atoms with Crippen LogP contribution in [0.25, 0.3) is 5.69 Å². The van der Waals surface area contributed by atoms with Crippen LogP contribution in [0.5, 0.6) is 0 Å². The molecule has 0 bridgehead atoms. The first-order valence-electron chi connectivity index (χ1n) is 8.46. The molecule has 2 aromatic heterocycles. The second-order valence-corrected chi connectivity index (χ2v) is 7.71. The molecular formula is C20H20ClN3O2S. The van der Waals surface area contributed by atoms with Crippen LogP contribution < -0.4 is 0 Å². The zero-order valence-electron chi connectivity index (χ0n) is 15.6. The van der Waals surface area contributed by atoms with Gasteiger partial charge in [-0.15, -0.1) is 0 Å². The van der Waals surface area contributed by atoms with Gasteiger partial charge in [-0.2, -0.15) is 0 Å². The number of aromatic amines is 1. The molecular weight excluding hydrogens is 382 g/mol. The fraction of sp³-hybridized carbons (Fsp3) is 0.250. The molecule has 1 aromatic carbocycles. The summed E-state index contributed by atoms with van der Waals surface area (Å²) >= 11 is 7.58. The number of nitrogens with zero attached hydrogens (tertiary/aromatic N) is 2. The number of aromatic nitrogens is 3. The van der Waals surface area contributed by atoms with Gasteiger partial charge in [-0.3, -0.25) is 14.2 Å². The molecule has 5 nitrogen and oxygen atoms in total. The number of ketones is 2. The second-order valence-electron chi connectivity index (χ2n) is 6.36. The van der Waals surface area contributed by atoms with Gasteiger partial charge in [-0.25, -0.2) is 4.98 Å². The Balaban J connectivity index is 1.82. The molecule has 2 heterocycles. The van der Waals surface area contributed by atoms with Crippen LogP contribution in [-0.4, -0.2) is 31.9 Å². The average Bonchev–Trinajstić information content (AvgIpc) is 3.19. The first kappa shape index (κ1) is 19.5. The smallest absolute Gasteiger partial charge is 0.189 e. The Morgan fingerprint density at radius 2 is 1.96 bits per heavy atom. The molecule has 0 radical (unpaired) electrons. The molecule has 27 heavy (non-hydrogen) atoms. The molecule has 0 spiro atoms. The molecule has 1 N–H and O–H groups in total. The van der Waals surface area contributed by atoms with E-state index in [-0.39, 0.29) is 17.3 Å². The van der Waals surface area contributed by atoms with Crippen LogP contribution in [-0.2, 0) is 0 Å². The maximum atomic E-state index is 12.7. The molecule has 3 rings (SSSR count). The third-order valence-corrected chi connectivity index (χ3v) is 5.88. The van der Waals surface area contributed by atoms with Gasteiger partial charge in [0.05, 0.1) is 17.1 Å². The third kappa shape index (κ3) is 3.73.